The van der Waals surface area contributed by atoms with Crippen LogP contribution >= 0.6 is 11.3 Å². The number of rotatable bonds is 2. The van der Waals surface area contributed by atoms with Crippen LogP contribution in [-0.4, -0.2) is 19.7 Å². The van der Waals surface area contributed by atoms with Gasteiger partial charge in [0.15, 0.2) is 0 Å². The summed E-state index contributed by atoms with van der Waals surface area (Å²) in [4.78, 5) is 8.41. The van der Waals surface area contributed by atoms with Gasteiger partial charge in [0.1, 0.15) is 11.6 Å². The molecule has 0 fully saturated rings. The Balaban J connectivity index is 2.23. The van der Waals surface area contributed by atoms with Gasteiger partial charge in [0, 0.05) is 5.38 Å². The maximum absolute atomic E-state index is 4.26. The average molecular weight is 194 g/mol. The summed E-state index contributed by atoms with van der Waals surface area (Å²) in [5.74, 6) is 1.75. The molecular weight excluding hydrogens is 184 g/mol. The minimum absolute atomic E-state index is 0.718. The van der Waals surface area contributed by atoms with Gasteiger partial charge in [-0.15, -0.1) is 11.3 Å². The lowest BCUT2D eigenvalue weighted by Crippen LogP contribution is -2.04. The van der Waals surface area contributed by atoms with E-state index in [1.54, 1.807) is 11.3 Å². The first kappa shape index (κ1) is 8.37. The Bertz CT molecular complexity index is 390. The van der Waals surface area contributed by atoms with Crippen LogP contribution in [0.5, 0.6) is 0 Å². The molecule has 0 amide bonds. The molecule has 2 aromatic rings. The van der Waals surface area contributed by atoms with E-state index in [2.05, 4.69) is 15.1 Å². The average Bonchev–Trinajstić information content (AvgIpc) is 2.63. The first-order valence-electron chi connectivity index (χ1n) is 4.01. The second kappa shape index (κ2) is 3.26. The number of thiazole rings is 1. The Hall–Kier alpha value is -1.23. The van der Waals surface area contributed by atoms with Crippen molar-refractivity contribution in [2.75, 3.05) is 0 Å². The third kappa shape index (κ3) is 1.75. The van der Waals surface area contributed by atoms with Gasteiger partial charge in [-0.25, -0.2) is 14.6 Å². The van der Waals surface area contributed by atoms with Crippen molar-refractivity contribution in [2.45, 2.75) is 20.4 Å². The van der Waals surface area contributed by atoms with Gasteiger partial charge in [-0.1, -0.05) is 0 Å². The molecule has 13 heavy (non-hydrogen) atoms. The first-order valence-corrected chi connectivity index (χ1v) is 4.95. The summed E-state index contributed by atoms with van der Waals surface area (Å²) in [5, 5.41) is 6.28. The Kier molecular flexibility index (Phi) is 2.10. The summed E-state index contributed by atoms with van der Waals surface area (Å²) in [6, 6.07) is 0. The van der Waals surface area contributed by atoms with E-state index < -0.39 is 0 Å². The van der Waals surface area contributed by atoms with E-state index in [-0.39, 0.29) is 0 Å². The van der Waals surface area contributed by atoms with E-state index in [9.17, 15) is 0 Å². The van der Waals surface area contributed by atoms with Gasteiger partial charge in [-0.3, -0.25) is 0 Å². The molecule has 0 aromatic carbocycles. The SMILES string of the molecule is Cc1nc(C)n(Cc2cscn2)n1. The third-order valence-electron chi connectivity index (χ3n) is 1.76. The van der Waals surface area contributed by atoms with Crippen molar-refractivity contribution in [2.24, 2.45) is 0 Å². The molecule has 0 atom stereocenters. The molecule has 5 heteroatoms. The molecule has 2 heterocycles. The fraction of sp³-hybridized carbons (Fsp3) is 0.375. The summed E-state index contributed by atoms with van der Waals surface area (Å²) in [6.45, 7) is 4.56. The van der Waals surface area contributed by atoms with E-state index in [1.165, 1.54) is 0 Å². The summed E-state index contributed by atoms with van der Waals surface area (Å²) < 4.78 is 1.87. The predicted octanol–water partition coefficient (Wildman–Crippen LogP) is 1.40. The van der Waals surface area contributed by atoms with E-state index in [4.69, 9.17) is 0 Å². The molecule has 0 radical (unpaired) electrons. The fourth-order valence-electron chi connectivity index (χ4n) is 1.18. The summed E-state index contributed by atoms with van der Waals surface area (Å²) >= 11 is 1.60. The molecule has 0 N–H and O–H groups in total. The molecular formula is C8H10N4S. The Labute approximate surface area is 80.3 Å². The number of hydrogen-bond donors (Lipinski definition) is 0. The Morgan fingerprint density at radius 3 is 2.85 bits per heavy atom. The zero-order valence-corrected chi connectivity index (χ0v) is 8.38. The van der Waals surface area contributed by atoms with Crippen LogP contribution in [-0.2, 0) is 6.54 Å². The molecule has 2 rings (SSSR count). The highest BCUT2D eigenvalue weighted by molar-refractivity contribution is 7.07. The van der Waals surface area contributed by atoms with Gasteiger partial charge in [-0.2, -0.15) is 5.10 Å². The maximum Gasteiger partial charge on any atom is 0.147 e. The summed E-state index contributed by atoms with van der Waals surface area (Å²) in [5.41, 5.74) is 2.87. The smallest absolute Gasteiger partial charge is 0.147 e. The minimum Gasteiger partial charge on any atom is -0.248 e. The van der Waals surface area contributed by atoms with Crippen LogP contribution in [0.25, 0.3) is 0 Å². The van der Waals surface area contributed by atoms with Crippen molar-refractivity contribution in [3.63, 3.8) is 0 Å². The number of hydrogen-bond acceptors (Lipinski definition) is 4. The van der Waals surface area contributed by atoms with Crippen molar-refractivity contribution < 1.29 is 0 Å². The normalized spacial score (nSPS) is 10.6. The number of aryl methyl sites for hydroxylation is 2. The van der Waals surface area contributed by atoms with Crippen LogP contribution in [0.4, 0.5) is 0 Å². The molecule has 0 saturated heterocycles. The third-order valence-corrected chi connectivity index (χ3v) is 2.39. The number of aromatic nitrogens is 4. The van der Waals surface area contributed by atoms with Crippen molar-refractivity contribution in [1.82, 2.24) is 19.7 Å². The highest BCUT2D eigenvalue weighted by atomic mass is 32.1. The number of nitrogens with zero attached hydrogens (tertiary/aromatic N) is 4. The molecule has 0 spiro atoms. The van der Waals surface area contributed by atoms with Gasteiger partial charge in [0.05, 0.1) is 17.7 Å². The Morgan fingerprint density at radius 2 is 2.31 bits per heavy atom. The molecule has 2 aromatic heterocycles. The van der Waals surface area contributed by atoms with Gasteiger partial charge in [0.2, 0.25) is 0 Å². The zero-order valence-electron chi connectivity index (χ0n) is 7.56. The molecule has 0 saturated carbocycles. The lowest BCUT2D eigenvalue weighted by molar-refractivity contribution is 0.647. The second-order valence-corrected chi connectivity index (χ2v) is 3.56. The summed E-state index contributed by atoms with van der Waals surface area (Å²) in [6.07, 6.45) is 0. The minimum atomic E-state index is 0.718. The topological polar surface area (TPSA) is 43.6 Å². The largest absolute Gasteiger partial charge is 0.248 e. The standard InChI is InChI=1S/C8H10N4S/c1-6-10-7(2)12(11-6)3-8-4-13-5-9-8/h4-5H,3H2,1-2H3. The maximum atomic E-state index is 4.26. The molecule has 0 aliphatic carbocycles. The highest BCUT2D eigenvalue weighted by Gasteiger charge is 2.03. The van der Waals surface area contributed by atoms with Crippen LogP contribution in [0, 0.1) is 13.8 Å². The van der Waals surface area contributed by atoms with Gasteiger partial charge >= 0.3 is 0 Å². The fourth-order valence-corrected chi connectivity index (χ4v) is 1.73. The summed E-state index contributed by atoms with van der Waals surface area (Å²) in [7, 11) is 0. The van der Waals surface area contributed by atoms with E-state index in [1.807, 2.05) is 29.4 Å². The van der Waals surface area contributed by atoms with Gasteiger partial charge in [-0.05, 0) is 13.8 Å². The van der Waals surface area contributed by atoms with Crippen LogP contribution < -0.4 is 0 Å². The zero-order chi connectivity index (χ0) is 9.26. The predicted molar refractivity (Wildman–Crippen MR) is 50.7 cm³/mol. The molecule has 0 aliphatic rings. The molecule has 0 bridgehead atoms. The molecule has 0 aliphatic heterocycles. The monoisotopic (exact) mass is 194 g/mol. The van der Waals surface area contributed by atoms with Crippen molar-refractivity contribution in [3.05, 3.63) is 28.2 Å². The first-order chi connectivity index (χ1) is 6.25. The van der Waals surface area contributed by atoms with E-state index in [0.29, 0.717) is 0 Å². The highest BCUT2D eigenvalue weighted by Crippen LogP contribution is 2.04. The molecule has 4 nitrogen and oxygen atoms in total. The van der Waals surface area contributed by atoms with Crippen LogP contribution in [0.3, 0.4) is 0 Å². The van der Waals surface area contributed by atoms with Gasteiger partial charge < -0.3 is 0 Å². The van der Waals surface area contributed by atoms with Crippen LogP contribution in [0.2, 0.25) is 0 Å². The van der Waals surface area contributed by atoms with E-state index >= 15 is 0 Å². The van der Waals surface area contributed by atoms with Crippen LogP contribution in [0.1, 0.15) is 17.3 Å². The second-order valence-electron chi connectivity index (χ2n) is 2.84. The van der Waals surface area contributed by atoms with Crippen molar-refractivity contribution in [3.8, 4) is 0 Å². The van der Waals surface area contributed by atoms with E-state index in [0.717, 1.165) is 23.9 Å². The van der Waals surface area contributed by atoms with Gasteiger partial charge in [0.25, 0.3) is 0 Å². The van der Waals surface area contributed by atoms with Crippen molar-refractivity contribution in [1.29, 1.82) is 0 Å². The lowest BCUT2D eigenvalue weighted by Gasteiger charge is -1.98. The van der Waals surface area contributed by atoms with Crippen LogP contribution in [0.15, 0.2) is 10.9 Å². The molecule has 68 valence electrons. The quantitative estimate of drug-likeness (QED) is 0.725. The lowest BCUT2D eigenvalue weighted by atomic mass is 10.5. The van der Waals surface area contributed by atoms with Crippen molar-refractivity contribution >= 4 is 11.3 Å². The molecule has 0 unspecified atom stereocenters. The Morgan fingerprint density at radius 1 is 1.46 bits per heavy atom.